The molecule has 0 unspecified atom stereocenters. The number of phenolic OH excluding ortho intramolecular Hbond substituents is 1. The molecule has 6 nitrogen and oxygen atoms in total. The van der Waals surface area contributed by atoms with Crippen LogP contribution in [0, 0.1) is 11.8 Å². The Hall–Kier alpha value is -4.24. The lowest BCUT2D eigenvalue weighted by Crippen LogP contribution is -2.14. The first-order valence-corrected chi connectivity index (χ1v) is 10.0. The molecule has 31 heavy (non-hydrogen) atoms. The third-order valence-electron chi connectivity index (χ3n) is 4.82. The van der Waals surface area contributed by atoms with Crippen LogP contribution in [0.25, 0.3) is 11.4 Å². The lowest BCUT2D eigenvalue weighted by Gasteiger charge is -2.12. The summed E-state index contributed by atoms with van der Waals surface area (Å²) in [5, 5.41) is 24.2. The van der Waals surface area contributed by atoms with Crippen molar-refractivity contribution in [2.24, 2.45) is 0 Å². The average Bonchev–Trinajstić information content (AvgIpc) is 3.49. The fraction of sp³-hybridized carbons (Fsp3) is 0.120. The van der Waals surface area contributed by atoms with Gasteiger partial charge in [0, 0.05) is 36.4 Å². The summed E-state index contributed by atoms with van der Waals surface area (Å²) >= 11 is 0. The Morgan fingerprint density at radius 3 is 2.87 bits per heavy atom. The van der Waals surface area contributed by atoms with E-state index in [1.54, 1.807) is 29.1 Å². The highest BCUT2D eigenvalue weighted by Gasteiger charge is 2.07. The summed E-state index contributed by atoms with van der Waals surface area (Å²) in [5.74, 6) is 6.55. The number of rotatable bonds is 7. The van der Waals surface area contributed by atoms with Gasteiger partial charge in [0.15, 0.2) is 0 Å². The van der Waals surface area contributed by atoms with Crippen LogP contribution in [0.1, 0.15) is 28.7 Å². The zero-order valence-corrected chi connectivity index (χ0v) is 17.0. The molecular formula is C25H23N5O. The second kappa shape index (κ2) is 9.51. The molecule has 0 aliphatic rings. The smallest absolute Gasteiger partial charge is 0.116 e. The minimum atomic E-state index is 0.195. The topological polar surface area (TPSA) is 78.8 Å². The summed E-state index contributed by atoms with van der Waals surface area (Å²) in [6.07, 6.45) is 9.32. The normalized spacial score (nSPS) is 10.3. The maximum Gasteiger partial charge on any atom is 0.116 e. The molecule has 0 bridgehead atoms. The zero-order chi connectivity index (χ0) is 21.5. The molecule has 0 spiro atoms. The van der Waals surface area contributed by atoms with Crippen molar-refractivity contribution in [3.05, 3.63) is 102 Å². The van der Waals surface area contributed by atoms with Crippen LogP contribution >= 0.6 is 0 Å². The molecule has 2 aromatic heterocycles. The number of H-pyrrole nitrogens is 1. The number of aromatic hydroxyl groups is 1. The first-order valence-electron chi connectivity index (χ1n) is 10.0. The molecule has 0 saturated heterocycles. The van der Waals surface area contributed by atoms with Crippen molar-refractivity contribution in [2.75, 3.05) is 6.54 Å². The second-order valence-corrected chi connectivity index (χ2v) is 7.10. The van der Waals surface area contributed by atoms with Gasteiger partial charge in [0.25, 0.3) is 0 Å². The highest BCUT2D eigenvalue weighted by atomic mass is 16.3. The van der Waals surface area contributed by atoms with Crippen LogP contribution in [0.3, 0.4) is 0 Å². The molecule has 154 valence electrons. The third kappa shape index (κ3) is 5.22. The Kier molecular flexibility index (Phi) is 6.15. The number of hydrogen-bond acceptors (Lipinski definition) is 4. The Labute approximate surface area is 181 Å². The van der Waals surface area contributed by atoms with E-state index in [0.29, 0.717) is 0 Å². The predicted molar refractivity (Wildman–Crippen MR) is 122 cm³/mol. The van der Waals surface area contributed by atoms with Gasteiger partial charge in [0.05, 0.1) is 17.4 Å². The van der Waals surface area contributed by atoms with Crippen molar-refractivity contribution in [3.63, 3.8) is 0 Å². The summed E-state index contributed by atoms with van der Waals surface area (Å²) < 4.78 is 1.79. The van der Waals surface area contributed by atoms with Gasteiger partial charge < -0.3 is 10.4 Å². The van der Waals surface area contributed by atoms with Crippen molar-refractivity contribution < 1.29 is 5.11 Å². The molecule has 0 amide bonds. The number of nitrogens with zero attached hydrogens (tertiary/aromatic N) is 3. The lowest BCUT2D eigenvalue weighted by atomic mass is 10.1. The van der Waals surface area contributed by atoms with Gasteiger partial charge in [-0.3, -0.25) is 5.10 Å². The molecule has 0 saturated carbocycles. The first-order chi connectivity index (χ1) is 15.2. The molecule has 0 aliphatic heterocycles. The fourth-order valence-electron chi connectivity index (χ4n) is 3.21. The third-order valence-corrected chi connectivity index (χ3v) is 4.82. The zero-order valence-electron chi connectivity index (χ0n) is 17.0. The predicted octanol–water partition coefficient (Wildman–Crippen LogP) is 3.89. The van der Waals surface area contributed by atoms with Crippen molar-refractivity contribution in [1.82, 2.24) is 25.3 Å². The number of benzene rings is 2. The van der Waals surface area contributed by atoms with E-state index in [4.69, 9.17) is 0 Å². The molecule has 0 radical (unpaired) electrons. The van der Waals surface area contributed by atoms with Crippen molar-refractivity contribution in [3.8, 4) is 23.3 Å². The minimum absolute atomic E-state index is 0.195. The van der Waals surface area contributed by atoms with Gasteiger partial charge in [-0.05, 0) is 60.4 Å². The van der Waals surface area contributed by atoms with E-state index in [-0.39, 0.29) is 5.75 Å². The molecule has 2 aromatic carbocycles. The van der Waals surface area contributed by atoms with Crippen molar-refractivity contribution >= 4 is 5.70 Å². The largest absolute Gasteiger partial charge is 0.508 e. The molecule has 4 rings (SSSR count). The monoisotopic (exact) mass is 409 g/mol. The van der Waals surface area contributed by atoms with E-state index in [1.165, 1.54) is 5.56 Å². The minimum Gasteiger partial charge on any atom is -0.508 e. The maximum atomic E-state index is 9.69. The summed E-state index contributed by atoms with van der Waals surface area (Å²) in [6.45, 7) is 5.00. The summed E-state index contributed by atoms with van der Waals surface area (Å²) in [6, 6.07) is 14.8. The standard InChI is InChI=1S/C25H23N5O/c1-19(26-12-3-6-21-17-27-28-18-21)22-10-11-25(30-14-4-13-29-30)23(16-22)9-8-20-5-2-7-24(31)15-20/h2,4-5,7,10-11,13-18,26,31H,1,3,6,12H2,(H,27,28). The van der Waals surface area contributed by atoms with Gasteiger partial charge in [-0.15, -0.1) is 0 Å². The highest BCUT2D eigenvalue weighted by Crippen LogP contribution is 2.19. The molecule has 4 aromatic rings. The number of nitrogens with one attached hydrogen (secondary N) is 2. The summed E-state index contributed by atoms with van der Waals surface area (Å²) in [4.78, 5) is 0. The van der Waals surface area contributed by atoms with E-state index in [2.05, 4.69) is 39.0 Å². The average molecular weight is 409 g/mol. The molecule has 3 N–H and O–H groups in total. The van der Waals surface area contributed by atoms with Gasteiger partial charge in [0.2, 0.25) is 0 Å². The number of hydrogen-bond donors (Lipinski definition) is 3. The quantitative estimate of drug-likeness (QED) is 0.320. The van der Waals surface area contributed by atoms with Crippen LogP contribution in [0.4, 0.5) is 0 Å². The SMILES string of the molecule is C=C(NCCCc1cn[nH]c1)c1ccc(-n2cccn2)c(C#Cc2cccc(O)c2)c1. The summed E-state index contributed by atoms with van der Waals surface area (Å²) in [5.41, 5.74) is 5.47. The van der Waals surface area contributed by atoms with Crippen molar-refractivity contribution in [2.45, 2.75) is 12.8 Å². The van der Waals surface area contributed by atoms with Gasteiger partial charge in [-0.1, -0.05) is 30.6 Å². The van der Waals surface area contributed by atoms with E-state index in [0.717, 1.165) is 47.5 Å². The maximum absolute atomic E-state index is 9.69. The molecule has 0 atom stereocenters. The first kappa shape index (κ1) is 20.0. The van der Waals surface area contributed by atoms with Gasteiger partial charge >= 0.3 is 0 Å². The Morgan fingerprint density at radius 1 is 1.16 bits per heavy atom. The van der Waals surface area contributed by atoms with Gasteiger partial charge in [-0.25, -0.2) is 4.68 Å². The van der Waals surface area contributed by atoms with Crippen molar-refractivity contribution in [1.29, 1.82) is 0 Å². The second-order valence-electron chi connectivity index (χ2n) is 7.10. The Balaban J connectivity index is 1.52. The molecule has 0 fully saturated rings. The number of aromatic nitrogens is 4. The molecule has 0 aliphatic carbocycles. The van der Waals surface area contributed by atoms with Gasteiger partial charge in [0.1, 0.15) is 5.75 Å². The van der Waals surface area contributed by atoms with E-state index >= 15 is 0 Å². The van der Waals surface area contributed by atoms with E-state index in [1.807, 2.05) is 48.9 Å². The lowest BCUT2D eigenvalue weighted by molar-refractivity contribution is 0.475. The van der Waals surface area contributed by atoms with Crippen LogP contribution in [0.2, 0.25) is 0 Å². The molecule has 6 heteroatoms. The number of aromatic amines is 1. The number of aryl methyl sites for hydroxylation is 1. The van der Waals surface area contributed by atoms with Crippen LogP contribution in [0.5, 0.6) is 5.75 Å². The highest BCUT2D eigenvalue weighted by molar-refractivity contribution is 5.67. The van der Waals surface area contributed by atoms with Crippen LogP contribution in [0.15, 0.2) is 79.9 Å². The van der Waals surface area contributed by atoms with E-state index in [9.17, 15) is 5.11 Å². The number of phenols is 1. The van der Waals surface area contributed by atoms with Gasteiger partial charge in [-0.2, -0.15) is 10.2 Å². The van der Waals surface area contributed by atoms with E-state index < -0.39 is 0 Å². The Bertz CT molecular complexity index is 1210. The Morgan fingerprint density at radius 2 is 2.10 bits per heavy atom. The summed E-state index contributed by atoms with van der Waals surface area (Å²) in [7, 11) is 0. The fourth-order valence-corrected chi connectivity index (χ4v) is 3.21. The molecule has 2 heterocycles. The van der Waals surface area contributed by atoms with Crippen LogP contribution < -0.4 is 5.32 Å². The van der Waals surface area contributed by atoms with Crippen LogP contribution in [-0.2, 0) is 6.42 Å². The van der Waals surface area contributed by atoms with Crippen LogP contribution in [-0.4, -0.2) is 31.6 Å². The molecular weight excluding hydrogens is 386 g/mol.